The number of amides is 2. The van der Waals surface area contributed by atoms with Gasteiger partial charge in [0.2, 0.25) is 11.8 Å². The van der Waals surface area contributed by atoms with Crippen LogP contribution in [0.25, 0.3) is 0 Å². The van der Waals surface area contributed by atoms with Crippen LogP contribution in [0.15, 0.2) is 72.8 Å². The Hall–Kier alpha value is -4.06. The van der Waals surface area contributed by atoms with Crippen molar-refractivity contribution in [2.75, 3.05) is 12.0 Å². The van der Waals surface area contributed by atoms with Gasteiger partial charge in [0.15, 0.2) is 0 Å². The average molecular weight is 451 g/mol. The first kappa shape index (κ1) is 20.5. The molecule has 6 nitrogen and oxygen atoms in total. The summed E-state index contributed by atoms with van der Waals surface area (Å²) in [5.74, 6) is -3.37. The Morgan fingerprint density at radius 1 is 0.853 bits per heavy atom. The molecule has 0 spiro atoms. The summed E-state index contributed by atoms with van der Waals surface area (Å²) in [4.78, 5) is 54.8. The lowest BCUT2D eigenvalue weighted by atomic mass is 9.46. The number of imide groups is 1. The zero-order chi connectivity index (χ0) is 23.8. The molecule has 1 saturated heterocycles. The van der Waals surface area contributed by atoms with Crippen LogP contribution in [0.2, 0.25) is 0 Å². The van der Waals surface area contributed by atoms with Crippen LogP contribution in [0.3, 0.4) is 0 Å². The third-order valence-corrected chi connectivity index (χ3v) is 7.70. The molecule has 7 rings (SSSR count). The molecule has 6 heteroatoms. The second-order valence-corrected chi connectivity index (χ2v) is 9.07. The molecule has 1 aliphatic heterocycles. The van der Waals surface area contributed by atoms with E-state index in [2.05, 4.69) is 0 Å². The van der Waals surface area contributed by atoms with E-state index in [9.17, 15) is 19.2 Å². The zero-order valence-corrected chi connectivity index (χ0v) is 18.6. The number of ketones is 1. The number of ether oxygens (including phenoxy) is 1. The Morgan fingerprint density at radius 2 is 1.47 bits per heavy atom. The number of carbonyl (C=O) groups is 4. The summed E-state index contributed by atoms with van der Waals surface area (Å²) in [6.07, 6.45) is 0. The lowest BCUT2D eigenvalue weighted by Crippen LogP contribution is -2.57. The number of hydrogen-bond donors (Lipinski definition) is 0. The number of benzene rings is 3. The molecule has 0 N–H and O–H groups in total. The fourth-order valence-corrected chi connectivity index (χ4v) is 6.51. The van der Waals surface area contributed by atoms with Crippen molar-refractivity contribution in [1.82, 2.24) is 0 Å². The van der Waals surface area contributed by atoms with E-state index in [1.54, 1.807) is 18.2 Å². The maximum Gasteiger partial charge on any atom is 0.337 e. The molecule has 0 aromatic heterocycles. The van der Waals surface area contributed by atoms with Crippen molar-refractivity contribution < 1.29 is 23.9 Å². The number of Topliss-reactive ketones (excluding diaryl/α,β-unsaturated/α-hetero) is 1. The van der Waals surface area contributed by atoms with E-state index in [4.69, 9.17) is 4.74 Å². The lowest BCUT2D eigenvalue weighted by Gasteiger charge is -2.52. The van der Waals surface area contributed by atoms with E-state index < -0.39 is 29.1 Å². The lowest BCUT2D eigenvalue weighted by molar-refractivity contribution is -0.132. The first-order chi connectivity index (χ1) is 16.4. The second kappa shape index (κ2) is 6.97. The van der Waals surface area contributed by atoms with Crippen molar-refractivity contribution in [3.8, 4) is 0 Å². The fraction of sp³-hybridized carbons (Fsp3) is 0.214. The van der Waals surface area contributed by atoms with Crippen molar-refractivity contribution in [2.45, 2.75) is 18.3 Å². The molecule has 1 heterocycles. The SMILES string of the molecule is COC(=O)c1cccc(N2C(=O)[C@H]3C4c5ccccc5C(C(C)=O)(c5ccccc54)[C@H]3C2=O)c1. The van der Waals surface area contributed by atoms with E-state index >= 15 is 0 Å². The summed E-state index contributed by atoms with van der Waals surface area (Å²) in [7, 11) is 1.28. The molecule has 1 fully saturated rings. The Kier molecular flexibility index (Phi) is 4.21. The highest BCUT2D eigenvalue weighted by Gasteiger charge is 2.70. The van der Waals surface area contributed by atoms with Gasteiger partial charge in [0.05, 0.1) is 35.6 Å². The molecular weight excluding hydrogens is 430 g/mol. The van der Waals surface area contributed by atoms with Gasteiger partial charge in [-0.2, -0.15) is 0 Å². The summed E-state index contributed by atoms with van der Waals surface area (Å²) in [5.41, 5.74) is 2.75. The van der Waals surface area contributed by atoms with Gasteiger partial charge in [0, 0.05) is 5.92 Å². The van der Waals surface area contributed by atoms with Crippen LogP contribution in [-0.4, -0.2) is 30.7 Å². The molecule has 3 aliphatic carbocycles. The number of methoxy groups -OCH3 is 1. The molecular formula is C28H21NO5. The topological polar surface area (TPSA) is 80.8 Å². The Morgan fingerprint density at radius 3 is 2.06 bits per heavy atom. The predicted octanol–water partition coefficient (Wildman–Crippen LogP) is 3.61. The molecule has 3 aromatic carbocycles. The van der Waals surface area contributed by atoms with E-state index in [0.717, 1.165) is 27.2 Å². The molecule has 168 valence electrons. The maximum absolute atomic E-state index is 14.1. The normalized spacial score (nSPS) is 26.1. The van der Waals surface area contributed by atoms with Crippen LogP contribution in [0.1, 0.15) is 45.5 Å². The fourth-order valence-electron chi connectivity index (χ4n) is 6.51. The van der Waals surface area contributed by atoms with Crippen LogP contribution < -0.4 is 4.90 Å². The van der Waals surface area contributed by atoms with Gasteiger partial charge in [-0.15, -0.1) is 0 Å². The van der Waals surface area contributed by atoms with Gasteiger partial charge in [0.1, 0.15) is 5.78 Å². The minimum atomic E-state index is -1.24. The first-order valence-corrected chi connectivity index (χ1v) is 11.2. The van der Waals surface area contributed by atoms with Crippen molar-refractivity contribution in [3.05, 3.63) is 101 Å². The first-order valence-electron chi connectivity index (χ1n) is 11.2. The van der Waals surface area contributed by atoms with Gasteiger partial charge >= 0.3 is 5.97 Å². The molecule has 0 radical (unpaired) electrons. The third kappa shape index (κ3) is 2.30. The smallest absolute Gasteiger partial charge is 0.337 e. The van der Waals surface area contributed by atoms with E-state index in [0.29, 0.717) is 5.69 Å². The van der Waals surface area contributed by atoms with Crippen LogP contribution in [0.5, 0.6) is 0 Å². The highest BCUT2D eigenvalue weighted by Crippen LogP contribution is 2.64. The quantitative estimate of drug-likeness (QED) is 0.449. The summed E-state index contributed by atoms with van der Waals surface area (Å²) in [6.45, 7) is 1.51. The molecule has 2 amide bonds. The third-order valence-electron chi connectivity index (χ3n) is 7.70. The monoisotopic (exact) mass is 451 g/mol. The molecule has 0 unspecified atom stereocenters. The zero-order valence-electron chi connectivity index (χ0n) is 18.6. The molecule has 2 bridgehead atoms. The van der Waals surface area contributed by atoms with Gasteiger partial charge in [-0.05, 0) is 47.4 Å². The average Bonchev–Trinajstić information content (AvgIpc) is 3.14. The summed E-state index contributed by atoms with van der Waals surface area (Å²) >= 11 is 0. The Balaban J connectivity index is 1.61. The van der Waals surface area contributed by atoms with Gasteiger partial charge in [0.25, 0.3) is 0 Å². The maximum atomic E-state index is 14.1. The number of nitrogens with zero attached hydrogens (tertiary/aromatic N) is 1. The Bertz CT molecular complexity index is 1380. The number of rotatable bonds is 3. The minimum absolute atomic E-state index is 0.160. The summed E-state index contributed by atoms with van der Waals surface area (Å²) in [6, 6.07) is 21.6. The van der Waals surface area contributed by atoms with Gasteiger partial charge < -0.3 is 4.74 Å². The second-order valence-electron chi connectivity index (χ2n) is 9.07. The van der Waals surface area contributed by atoms with Crippen LogP contribution in [0, 0.1) is 11.8 Å². The van der Waals surface area contributed by atoms with E-state index in [-0.39, 0.29) is 23.2 Å². The van der Waals surface area contributed by atoms with Crippen molar-refractivity contribution >= 4 is 29.3 Å². The van der Waals surface area contributed by atoms with Gasteiger partial charge in [-0.3, -0.25) is 14.4 Å². The molecule has 2 atom stereocenters. The van der Waals surface area contributed by atoms with Crippen LogP contribution in [0.4, 0.5) is 5.69 Å². The van der Waals surface area contributed by atoms with Crippen molar-refractivity contribution in [2.24, 2.45) is 11.8 Å². The number of anilines is 1. The minimum Gasteiger partial charge on any atom is -0.465 e. The molecule has 3 aromatic rings. The standard InChI is InChI=1S/C28H21NO5/c1-15(30)28-20-12-5-3-10-18(20)22(19-11-4-6-13-21(19)28)23-24(28)26(32)29(25(23)31)17-9-7-8-16(14-17)27(33)34-2/h3-14,22-24H,1-2H3/t22?,23-,24+,28?/m0/s1. The summed E-state index contributed by atoms with van der Waals surface area (Å²) in [5, 5.41) is 0. The molecule has 0 saturated carbocycles. The summed E-state index contributed by atoms with van der Waals surface area (Å²) < 4.78 is 4.81. The van der Waals surface area contributed by atoms with Crippen LogP contribution in [-0.2, 0) is 24.5 Å². The number of hydrogen-bond acceptors (Lipinski definition) is 5. The highest BCUT2D eigenvalue weighted by molar-refractivity contribution is 6.25. The predicted molar refractivity (Wildman–Crippen MR) is 123 cm³/mol. The van der Waals surface area contributed by atoms with Crippen molar-refractivity contribution in [1.29, 1.82) is 0 Å². The number of carbonyl (C=O) groups excluding carboxylic acids is 4. The van der Waals surface area contributed by atoms with Gasteiger partial charge in [-0.1, -0.05) is 54.6 Å². The van der Waals surface area contributed by atoms with Gasteiger partial charge in [-0.25, -0.2) is 9.69 Å². The largest absolute Gasteiger partial charge is 0.465 e. The van der Waals surface area contributed by atoms with E-state index in [1.807, 2.05) is 48.5 Å². The molecule has 34 heavy (non-hydrogen) atoms. The Labute approximate surface area is 196 Å². The molecule has 4 aliphatic rings. The number of esters is 1. The van der Waals surface area contributed by atoms with Crippen molar-refractivity contribution in [3.63, 3.8) is 0 Å². The van der Waals surface area contributed by atoms with E-state index in [1.165, 1.54) is 20.1 Å². The highest BCUT2D eigenvalue weighted by atomic mass is 16.5. The van der Waals surface area contributed by atoms with Crippen LogP contribution >= 0.6 is 0 Å².